The van der Waals surface area contributed by atoms with Crippen molar-refractivity contribution in [2.75, 3.05) is 13.2 Å². The number of phosphoric acid groups is 1. The largest absolute Gasteiger partial charge is 0.472 e. The molecule has 6 N–H and O–H groups in total. The Bertz CT molecular complexity index is 1170. The normalized spacial score (nSPS) is 22.2. The molecule has 0 saturated heterocycles. The summed E-state index contributed by atoms with van der Waals surface area (Å²) < 4.78 is 33.5. The summed E-state index contributed by atoms with van der Waals surface area (Å²) in [5, 5.41) is 50.2. The number of unbranched alkanes of at least 4 members (excludes halogenated alkanes) is 24. The number of allylic oxidation sites excluding steroid dienone is 4. The molecule has 0 aromatic rings. The minimum absolute atomic E-state index is 0.0832. The molecule has 0 heterocycles. The van der Waals surface area contributed by atoms with Crippen molar-refractivity contribution in [3.63, 3.8) is 0 Å². The molecular weight excluding hydrogens is 803 g/mol. The fourth-order valence-electron chi connectivity index (χ4n) is 7.36. The van der Waals surface area contributed by atoms with E-state index in [4.69, 9.17) is 18.5 Å². The van der Waals surface area contributed by atoms with Crippen molar-refractivity contribution < 1.29 is 63.1 Å². The van der Waals surface area contributed by atoms with Gasteiger partial charge in [-0.3, -0.25) is 18.6 Å². The average Bonchev–Trinajstić information content (AvgIpc) is 3.24. The lowest BCUT2D eigenvalue weighted by Gasteiger charge is -2.41. The third-order valence-corrected chi connectivity index (χ3v) is 12.3. The van der Waals surface area contributed by atoms with Crippen LogP contribution in [-0.2, 0) is 32.7 Å². The van der Waals surface area contributed by atoms with E-state index in [0.29, 0.717) is 12.8 Å². The number of hydrogen-bond acceptors (Lipinski definition) is 12. The zero-order valence-electron chi connectivity index (χ0n) is 38.0. The SMILES string of the molecule is CCCC/C=C\C/C=C\CCCCCCCC(=O)O[C@H](COC(=O)CCCCCCCCCCCCCCCCCCCC)COP(=O)(O)OC1C(O)C(O)C(O)[C@@H](O)C1O. The van der Waals surface area contributed by atoms with Crippen molar-refractivity contribution in [3.05, 3.63) is 24.3 Å². The van der Waals surface area contributed by atoms with Crippen LogP contribution >= 0.6 is 7.82 Å². The van der Waals surface area contributed by atoms with E-state index in [9.17, 15) is 44.6 Å². The predicted molar refractivity (Wildman–Crippen MR) is 240 cm³/mol. The highest BCUT2D eigenvalue weighted by Crippen LogP contribution is 2.47. The fraction of sp³-hybridized carbons (Fsp3) is 0.872. The molecule has 1 aliphatic carbocycles. The van der Waals surface area contributed by atoms with Crippen LogP contribution in [0.25, 0.3) is 0 Å². The van der Waals surface area contributed by atoms with E-state index in [2.05, 4.69) is 38.2 Å². The van der Waals surface area contributed by atoms with Crippen molar-refractivity contribution in [2.45, 2.75) is 249 Å². The Labute approximate surface area is 368 Å². The van der Waals surface area contributed by atoms with Crippen molar-refractivity contribution in [1.82, 2.24) is 0 Å². The summed E-state index contributed by atoms with van der Waals surface area (Å²) in [6, 6.07) is 0. The maximum Gasteiger partial charge on any atom is 0.472 e. The Kier molecular flexibility index (Phi) is 35.4. The molecule has 0 amide bonds. The molecule has 0 aliphatic heterocycles. The zero-order chi connectivity index (χ0) is 45.0. The Morgan fingerprint density at radius 2 is 0.902 bits per heavy atom. The van der Waals surface area contributed by atoms with E-state index in [1.165, 1.54) is 103 Å². The monoisotopic (exact) mass is 891 g/mol. The molecule has 1 aliphatic rings. The molecule has 1 rings (SSSR count). The van der Waals surface area contributed by atoms with Gasteiger partial charge in [-0.1, -0.05) is 179 Å². The summed E-state index contributed by atoms with van der Waals surface area (Å²) in [6.45, 7) is 3.26. The average molecular weight is 891 g/mol. The molecular formula is C47H87O13P. The Morgan fingerprint density at radius 3 is 1.38 bits per heavy atom. The molecule has 0 radical (unpaired) electrons. The van der Waals surface area contributed by atoms with Gasteiger partial charge in [0.05, 0.1) is 6.61 Å². The van der Waals surface area contributed by atoms with Gasteiger partial charge in [0.15, 0.2) is 6.10 Å². The van der Waals surface area contributed by atoms with Crippen LogP contribution in [0, 0.1) is 0 Å². The van der Waals surface area contributed by atoms with Crippen molar-refractivity contribution in [2.24, 2.45) is 0 Å². The summed E-state index contributed by atoms with van der Waals surface area (Å²) in [5.41, 5.74) is 0. The second-order valence-corrected chi connectivity index (χ2v) is 18.4. The van der Waals surface area contributed by atoms with Crippen LogP contribution in [0.1, 0.15) is 206 Å². The molecule has 0 aromatic carbocycles. The molecule has 61 heavy (non-hydrogen) atoms. The number of carbonyl (C=O) groups is 2. The Morgan fingerprint density at radius 1 is 0.508 bits per heavy atom. The quantitative estimate of drug-likeness (QED) is 0.0147. The second kappa shape index (κ2) is 37.7. The Balaban J connectivity index is 2.42. The summed E-state index contributed by atoms with van der Waals surface area (Å²) in [6.07, 6.45) is 28.0. The van der Waals surface area contributed by atoms with Crippen LogP contribution in [0.5, 0.6) is 0 Å². The van der Waals surface area contributed by atoms with Gasteiger partial charge in [-0.15, -0.1) is 0 Å². The number of esters is 2. The standard InChI is InChI=1S/C47H87O13P/c1-3-5-7-9-11-13-15-17-19-20-21-22-24-25-27-29-31-33-35-40(48)57-37-39(38-58-61(55,56)60-47-45(53)43(51)42(50)44(52)46(47)54)59-41(49)36-34-32-30-28-26-23-18-16-14-12-10-8-6-4-2/h10,12,16,18,39,42-47,50-54H,3-9,11,13-15,17,19-38H2,1-2H3,(H,55,56)/b12-10-,18-16-/t39-,42?,43-,44?,45?,46?,47?/m1/s1. The van der Waals surface area contributed by atoms with Crippen LogP contribution in [-0.4, -0.2) is 98.3 Å². The predicted octanol–water partition coefficient (Wildman–Crippen LogP) is 9.62. The van der Waals surface area contributed by atoms with Crippen molar-refractivity contribution in [1.29, 1.82) is 0 Å². The van der Waals surface area contributed by atoms with E-state index in [1.807, 2.05) is 0 Å². The number of ether oxygens (including phenoxy) is 2. The Hall–Kier alpha value is -1.67. The number of hydrogen-bond donors (Lipinski definition) is 6. The summed E-state index contributed by atoms with van der Waals surface area (Å²) in [5.74, 6) is -1.11. The lowest BCUT2D eigenvalue weighted by Crippen LogP contribution is -2.64. The highest BCUT2D eigenvalue weighted by Gasteiger charge is 2.51. The first kappa shape index (κ1) is 57.3. The van der Waals surface area contributed by atoms with E-state index in [1.54, 1.807) is 0 Å². The maximum absolute atomic E-state index is 12.8. The minimum Gasteiger partial charge on any atom is -0.462 e. The van der Waals surface area contributed by atoms with Gasteiger partial charge < -0.3 is 39.9 Å². The first-order chi connectivity index (χ1) is 29.4. The summed E-state index contributed by atoms with van der Waals surface area (Å²) in [4.78, 5) is 35.7. The highest BCUT2D eigenvalue weighted by atomic mass is 31.2. The summed E-state index contributed by atoms with van der Waals surface area (Å²) >= 11 is 0. The molecule has 13 nitrogen and oxygen atoms in total. The molecule has 8 atom stereocenters. The highest BCUT2D eigenvalue weighted by molar-refractivity contribution is 7.47. The lowest BCUT2D eigenvalue weighted by atomic mass is 9.85. The second-order valence-electron chi connectivity index (χ2n) is 17.0. The van der Waals surface area contributed by atoms with E-state index in [0.717, 1.165) is 64.2 Å². The van der Waals surface area contributed by atoms with Crippen LogP contribution < -0.4 is 0 Å². The third-order valence-electron chi connectivity index (χ3n) is 11.3. The number of phosphoric ester groups is 1. The fourth-order valence-corrected chi connectivity index (χ4v) is 8.34. The van der Waals surface area contributed by atoms with Gasteiger partial charge in [-0.25, -0.2) is 4.57 Å². The van der Waals surface area contributed by atoms with Gasteiger partial charge in [0.25, 0.3) is 0 Å². The van der Waals surface area contributed by atoms with Gasteiger partial charge in [0.1, 0.15) is 43.2 Å². The van der Waals surface area contributed by atoms with Crippen molar-refractivity contribution in [3.8, 4) is 0 Å². The van der Waals surface area contributed by atoms with Gasteiger partial charge in [-0.05, 0) is 38.5 Å². The topological polar surface area (TPSA) is 210 Å². The van der Waals surface area contributed by atoms with Gasteiger partial charge in [-0.2, -0.15) is 0 Å². The van der Waals surface area contributed by atoms with Crippen molar-refractivity contribution >= 4 is 19.8 Å². The number of carbonyl (C=O) groups excluding carboxylic acids is 2. The molecule has 1 saturated carbocycles. The number of rotatable bonds is 40. The van der Waals surface area contributed by atoms with Gasteiger partial charge >= 0.3 is 19.8 Å². The van der Waals surface area contributed by atoms with E-state index >= 15 is 0 Å². The van der Waals surface area contributed by atoms with E-state index < -0.39 is 75.7 Å². The minimum atomic E-state index is -5.12. The molecule has 358 valence electrons. The van der Waals surface area contributed by atoms with Crippen LogP contribution in [0.2, 0.25) is 0 Å². The first-order valence-electron chi connectivity index (χ1n) is 24.1. The first-order valence-corrected chi connectivity index (χ1v) is 25.6. The van der Waals surface area contributed by atoms with Crippen LogP contribution in [0.15, 0.2) is 24.3 Å². The lowest BCUT2D eigenvalue weighted by molar-refractivity contribution is -0.220. The molecule has 14 heteroatoms. The smallest absolute Gasteiger partial charge is 0.462 e. The number of aliphatic hydroxyl groups excluding tert-OH is 5. The molecule has 6 unspecified atom stereocenters. The van der Waals surface area contributed by atoms with Gasteiger partial charge in [0, 0.05) is 12.8 Å². The number of aliphatic hydroxyl groups is 5. The summed E-state index contributed by atoms with van der Waals surface area (Å²) in [7, 11) is -5.12. The van der Waals surface area contributed by atoms with Crippen LogP contribution in [0.3, 0.4) is 0 Å². The molecule has 0 bridgehead atoms. The molecule has 0 spiro atoms. The maximum atomic E-state index is 12.8. The zero-order valence-corrected chi connectivity index (χ0v) is 38.9. The van der Waals surface area contributed by atoms with Crippen LogP contribution in [0.4, 0.5) is 0 Å². The molecule has 0 aromatic heterocycles. The van der Waals surface area contributed by atoms with E-state index in [-0.39, 0.29) is 12.8 Å². The van der Waals surface area contributed by atoms with Gasteiger partial charge in [0.2, 0.25) is 0 Å². The third kappa shape index (κ3) is 30.2. The molecule has 1 fully saturated rings.